The quantitative estimate of drug-likeness (QED) is 0.371. The van der Waals surface area contributed by atoms with Crippen LogP contribution >= 0.6 is 24.0 Å². The van der Waals surface area contributed by atoms with Crippen molar-refractivity contribution >= 4 is 29.9 Å². The Kier molecular flexibility index (Phi) is 7.90. The van der Waals surface area contributed by atoms with Crippen molar-refractivity contribution in [2.45, 2.75) is 31.4 Å². The maximum Gasteiger partial charge on any atom is 0.191 e. The van der Waals surface area contributed by atoms with Crippen LogP contribution in [0.25, 0.3) is 0 Å². The molecule has 2 aromatic rings. The van der Waals surface area contributed by atoms with Gasteiger partial charge >= 0.3 is 0 Å². The highest BCUT2D eigenvalue weighted by Gasteiger charge is 2.43. The standard InChI is InChI=1S/C21H27N3O.HI/c1-22-20(23-14-17-8-6-7-9-18(17)15-25-2)24-16-21(12-13-21)19-10-4-3-5-11-19;/h3-11H,12-16H2,1-2H3,(H2,22,23,24);1H. The second-order valence-electron chi connectivity index (χ2n) is 6.63. The highest BCUT2D eigenvalue weighted by atomic mass is 127. The third kappa shape index (κ3) is 5.20. The lowest BCUT2D eigenvalue weighted by atomic mass is 9.96. The average molecular weight is 465 g/mol. The van der Waals surface area contributed by atoms with Gasteiger partial charge in [0.05, 0.1) is 6.61 Å². The number of benzene rings is 2. The fourth-order valence-corrected chi connectivity index (χ4v) is 3.19. The molecule has 1 saturated carbocycles. The number of nitrogens with zero attached hydrogens (tertiary/aromatic N) is 1. The first-order chi connectivity index (χ1) is 12.3. The van der Waals surface area contributed by atoms with Gasteiger partial charge in [0.1, 0.15) is 0 Å². The molecule has 0 unspecified atom stereocenters. The van der Waals surface area contributed by atoms with E-state index < -0.39 is 0 Å². The average Bonchev–Trinajstić information content (AvgIpc) is 3.45. The van der Waals surface area contributed by atoms with Crippen LogP contribution in [0.1, 0.15) is 29.5 Å². The minimum Gasteiger partial charge on any atom is -0.380 e. The van der Waals surface area contributed by atoms with Gasteiger partial charge in [0.25, 0.3) is 0 Å². The predicted octanol–water partition coefficient (Wildman–Crippen LogP) is 3.85. The molecule has 2 aromatic carbocycles. The number of rotatable bonds is 7. The largest absolute Gasteiger partial charge is 0.380 e. The molecule has 4 nitrogen and oxygen atoms in total. The summed E-state index contributed by atoms with van der Waals surface area (Å²) in [6.07, 6.45) is 2.47. The molecular formula is C21H28IN3O. The summed E-state index contributed by atoms with van der Waals surface area (Å²) in [4.78, 5) is 4.37. The van der Waals surface area contributed by atoms with Gasteiger partial charge in [-0.05, 0) is 29.5 Å². The van der Waals surface area contributed by atoms with Gasteiger partial charge in [-0.2, -0.15) is 0 Å². The van der Waals surface area contributed by atoms with Gasteiger partial charge in [-0.1, -0.05) is 54.6 Å². The van der Waals surface area contributed by atoms with E-state index in [1.165, 1.54) is 29.5 Å². The Labute approximate surface area is 173 Å². The van der Waals surface area contributed by atoms with Gasteiger partial charge < -0.3 is 15.4 Å². The van der Waals surface area contributed by atoms with Crippen LogP contribution in [0.4, 0.5) is 0 Å². The maximum absolute atomic E-state index is 5.28. The van der Waals surface area contributed by atoms with Gasteiger partial charge in [0.15, 0.2) is 5.96 Å². The monoisotopic (exact) mass is 465 g/mol. The number of methoxy groups -OCH3 is 1. The van der Waals surface area contributed by atoms with Crippen LogP contribution in [0.3, 0.4) is 0 Å². The first kappa shape index (κ1) is 20.7. The third-order valence-corrected chi connectivity index (χ3v) is 4.92. The Hall–Kier alpha value is -1.60. The normalized spacial score (nSPS) is 15.1. The number of nitrogens with one attached hydrogen (secondary N) is 2. The van der Waals surface area contributed by atoms with E-state index in [-0.39, 0.29) is 29.4 Å². The van der Waals surface area contributed by atoms with Crippen molar-refractivity contribution in [3.63, 3.8) is 0 Å². The lowest BCUT2D eigenvalue weighted by Crippen LogP contribution is -2.41. The van der Waals surface area contributed by atoms with Crippen LogP contribution in [-0.2, 0) is 23.3 Å². The molecule has 5 heteroatoms. The Morgan fingerprint density at radius 2 is 1.65 bits per heavy atom. The number of aliphatic imine (C=N–C) groups is 1. The van der Waals surface area contributed by atoms with Gasteiger partial charge in [-0.3, -0.25) is 4.99 Å². The molecular weight excluding hydrogens is 437 g/mol. The molecule has 1 aliphatic rings. The van der Waals surface area contributed by atoms with E-state index in [2.05, 4.69) is 64.2 Å². The maximum atomic E-state index is 5.28. The summed E-state index contributed by atoms with van der Waals surface area (Å²) < 4.78 is 5.28. The Balaban J connectivity index is 0.00000243. The summed E-state index contributed by atoms with van der Waals surface area (Å²) in [6, 6.07) is 19.1. The Bertz CT molecular complexity index is 714. The molecule has 1 aliphatic carbocycles. The number of hydrogen-bond donors (Lipinski definition) is 2. The van der Waals surface area contributed by atoms with Crippen LogP contribution in [-0.4, -0.2) is 26.7 Å². The Morgan fingerprint density at radius 3 is 2.27 bits per heavy atom. The van der Waals surface area contributed by atoms with E-state index in [0.29, 0.717) is 6.61 Å². The van der Waals surface area contributed by atoms with Crippen LogP contribution in [0.5, 0.6) is 0 Å². The van der Waals surface area contributed by atoms with Crippen molar-refractivity contribution in [2.75, 3.05) is 20.7 Å². The van der Waals surface area contributed by atoms with Gasteiger partial charge in [0, 0.05) is 32.7 Å². The molecule has 0 radical (unpaired) electrons. The van der Waals surface area contributed by atoms with Gasteiger partial charge in [0.2, 0.25) is 0 Å². The topological polar surface area (TPSA) is 45.7 Å². The van der Waals surface area contributed by atoms with E-state index in [9.17, 15) is 0 Å². The van der Waals surface area contributed by atoms with Gasteiger partial charge in [-0.25, -0.2) is 0 Å². The molecule has 0 atom stereocenters. The molecule has 3 rings (SSSR count). The fourth-order valence-electron chi connectivity index (χ4n) is 3.19. The van der Waals surface area contributed by atoms with Crippen LogP contribution in [0.2, 0.25) is 0 Å². The summed E-state index contributed by atoms with van der Waals surface area (Å²) in [5.41, 5.74) is 4.13. The zero-order valence-corrected chi connectivity index (χ0v) is 17.8. The zero-order chi connectivity index (χ0) is 17.5. The molecule has 2 N–H and O–H groups in total. The highest BCUT2D eigenvalue weighted by molar-refractivity contribution is 14.0. The summed E-state index contributed by atoms with van der Waals surface area (Å²) in [5, 5.41) is 6.92. The number of hydrogen-bond acceptors (Lipinski definition) is 2. The van der Waals surface area contributed by atoms with E-state index in [0.717, 1.165) is 19.0 Å². The fraction of sp³-hybridized carbons (Fsp3) is 0.381. The van der Waals surface area contributed by atoms with Crippen molar-refractivity contribution in [1.82, 2.24) is 10.6 Å². The number of guanidine groups is 1. The lowest BCUT2D eigenvalue weighted by molar-refractivity contribution is 0.184. The minimum absolute atomic E-state index is 0. The van der Waals surface area contributed by atoms with Crippen molar-refractivity contribution in [3.05, 3.63) is 71.3 Å². The summed E-state index contributed by atoms with van der Waals surface area (Å²) in [5.74, 6) is 0.842. The van der Waals surface area contributed by atoms with E-state index >= 15 is 0 Å². The number of ether oxygens (including phenoxy) is 1. The third-order valence-electron chi connectivity index (χ3n) is 4.92. The molecule has 26 heavy (non-hydrogen) atoms. The molecule has 140 valence electrons. The van der Waals surface area contributed by atoms with Crippen LogP contribution < -0.4 is 10.6 Å². The molecule has 0 bridgehead atoms. The highest BCUT2D eigenvalue weighted by Crippen LogP contribution is 2.47. The molecule has 1 fully saturated rings. The van der Waals surface area contributed by atoms with Crippen molar-refractivity contribution in [3.8, 4) is 0 Å². The van der Waals surface area contributed by atoms with E-state index in [1.807, 2.05) is 13.1 Å². The molecule has 0 aliphatic heterocycles. The SMILES string of the molecule is CN=C(NCc1ccccc1COC)NCC1(c2ccccc2)CC1.I. The zero-order valence-electron chi connectivity index (χ0n) is 15.5. The van der Waals surface area contributed by atoms with Crippen LogP contribution in [0, 0.1) is 0 Å². The smallest absolute Gasteiger partial charge is 0.191 e. The lowest BCUT2D eigenvalue weighted by Gasteiger charge is -2.19. The molecule has 0 aromatic heterocycles. The second-order valence-corrected chi connectivity index (χ2v) is 6.63. The van der Waals surface area contributed by atoms with E-state index in [4.69, 9.17) is 4.74 Å². The first-order valence-electron chi connectivity index (χ1n) is 8.83. The summed E-state index contributed by atoms with van der Waals surface area (Å²) >= 11 is 0. The van der Waals surface area contributed by atoms with Crippen LogP contribution in [0.15, 0.2) is 59.6 Å². The van der Waals surface area contributed by atoms with Gasteiger partial charge in [-0.15, -0.1) is 24.0 Å². The van der Waals surface area contributed by atoms with Crippen molar-refractivity contribution in [1.29, 1.82) is 0 Å². The first-order valence-corrected chi connectivity index (χ1v) is 8.83. The van der Waals surface area contributed by atoms with Crippen molar-refractivity contribution < 1.29 is 4.74 Å². The van der Waals surface area contributed by atoms with Crippen molar-refractivity contribution in [2.24, 2.45) is 4.99 Å². The van der Waals surface area contributed by atoms with E-state index in [1.54, 1.807) is 7.11 Å². The minimum atomic E-state index is 0. The summed E-state index contributed by atoms with van der Waals surface area (Å²) in [6.45, 7) is 2.27. The predicted molar refractivity (Wildman–Crippen MR) is 118 cm³/mol. The molecule has 0 amide bonds. The molecule has 0 spiro atoms. The molecule has 0 heterocycles. The molecule has 0 saturated heterocycles. The Morgan fingerprint density at radius 1 is 1.00 bits per heavy atom. The number of halogens is 1. The summed E-state index contributed by atoms with van der Waals surface area (Å²) in [7, 11) is 3.54. The second kappa shape index (κ2) is 9.92.